The smallest absolute Gasteiger partial charge is 0.313 e. The fourth-order valence-electron chi connectivity index (χ4n) is 1.34. The van der Waals surface area contributed by atoms with Crippen molar-refractivity contribution in [3.05, 3.63) is 42.7 Å². The van der Waals surface area contributed by atoms with Crippen LogP contribution in [0.15, 0.2) is 47.6 Å². The number of hydrogen-bond acceptors (Lipinski definition) is 4. The van der Waals surface area contributed by atoms with Gasteiger partial charge in [-0.3, -0.25) is 14.8 Å². The van der Waals surface area contributed by atoms with Crippen LogP contribution in [0.3, 0.4) is 0 Å². The first kappa shape index (κ1) is 11.6. The van der Waals surface area contributed by atoms with E-state index in [2.05, 4.69) is 9.97 Å². The number of carbonyl (C=O) groups is 1. The fraction of sp³-hybridized carbons (Fsp3) is 0.0833. The first-order chi connectivity index (χ1) is 8.27. The van der Waals surface area contributed by atoms with E-state index in [-0.39, 0.29) is 5.75 Å². The molecule has 0 radical (unpaired) electrons. The number of carboxylic acid groups (broad SMARTS) is 1. The number of aliphatic carboxylic acids is 1. The van der Waals surface area contributed by atoms with Crippen molar-refractivity contribution in [2.45, 2.75) is 4.90 Å². The lowest BCUT2D eigenvalue weighted by Crippen LogP contribution is -1.98. The van der Waals surface area contributed by atoms with Crippen molar-refractivity contribution in [1.29, 1.82) is 0 Å². The quantitative estimate of drug-likeness (QED) is 0.839. The van der Waals surface area contributed by atoms with Crippen LogP contribution in [0.2, 0.25) is 0 Å². The normalized spacial score (nSPS) is 10.1. The molecule has 1 N–H and O–H groups in total. The van der Waals surface area contributed by atoms with Gasteiger partial charge in [0.15, 0.2) is 0 Å². The van der Waals surface area contributed by atoms with E-state index in [1.165, 1.54) is 11.8 Å². The maximum absolute atomic E-state index is 10.6. The van der Waals surface area contributed by atoms with Gasteiger partial charge < -0.3 is 5.11 Å². The van der Waals surface area contributed by atoms with E-state index in [0.29, 0.717) is 0 Å². The molecule has 0 atom stereocenters. The molecule has 2 aromatic rings. The number of aromatic nitrogens is 2. The van der Waals surface area contributed by atoms with Crippen LogP contribution in [0.5, 0.6) is 0 Å². The van der Waals surface area contributed by atoms with Crippen molar-refractivity contribution in [3.8, 4) is 11.4 Å². The minimum atomic E-state index is -0.842. The lowest BCUT2D eigenvalue weighted by Gasteiger charge is -2.05. The van der Waals surface area contributed by atoms with Gasteiger partial charge in [0.1, 0.15) is 5.69 Å². The van der Waals surface area contributed by atoms with Gasteiger partial charge in [0.05, 0.1) is 11.4 Å². The van der Waals surface area contributed by atoms with Crippen molar-refractivity contribution in [2.75, 3.05) is 5.75 Å². The van der Waals surface area contributed by atoms with Crippen LogP contribution in [0.1, 0.15) is 0 Å². The first-order valence-electron chi connectivity index (χ1n) is 4.98. The third-order valence-corrected chi connectivity index (χ3v) is 3.06. The summed E-state index contributed by atoms with van der Waals surface area (Å²) in [5, 5.41) is 8.68. The van der Waals surface area contributed by atoms with E-state index in [1.54, 1.807) is 18.5 Å². The van der Waals surface area contributed by atoms with E-state index < -0.39 is 5.97 Å². The van der Waals surface area contributed by atoms with Gasteiger partial charge in [-0.2, -0.15) is 0 Å². The molecule has 0 aliphatic rings. The number of carboxylic acids is 1. The fourth-order valence-corrected chi connectivity index (χ4v) is 2.09. The maximum Gasteiger partial charge on any atom is 0.313 e. The number of pyridine rings is 2. The molecule has 86 valence electrons. The molecular formula is C12H10N2O2S. The Balaban J connectivity index is 2.31. The minimum Gasteiger partial charge on any atom is -0.481 e. The maximum atomic E-state index is 10.6. The Morgan fingerprint density at radius 3 is 2.71 bits per heavy atom. The number of hydrogen-bond donors (Lipinski definition) is 1. The Kier molecular flexibility index (Phi) is 3.72. The molecular weight excluding hydrogens is 236 g/mol. The van der Waals surface area contributed by atoms with E-state index >= 15 is 0 Å². The zero-order valence-electron chi connectivity index (χ0n) is 8.91. The number of thioether (sulfide) groups is 1. The van der Waals surface area contributed by atoms with Crippen LogP contribution in [-0.2, 0) is 4.79 Å². The Labute approximate surface area is 103 Å². The Bertz CT molecular complexity index is 517. The molecule has 0 aromatic carbocycles. The molecule has 0 aliphatic heterocycles. The molecule has 0 saturated carbocycles. The van der Waals surface area contributed by atoms with Crippen LogP contribution in [0.4, 0.5) is 0 Å². The second-order valence-corrected chi connectivity index (χ2v) is 4.26. The monoisotopic (exact) mass is 246 g/mol. The molecule has 2 rings (SSSR count). The molecule has 2 heterocycles. The van der Waals surface area contributed by atoms with Crippen molar-refractivity contribution >= 4 is 17.7 Å². The summed E-state index contributed by atoms with van der Waals surface area (Å²) in [6, 6.07) is 9.20. The summed E-state index contributed by atoms with van der Waals surface area (Å²) in [5.74, 6) is -0.822. The molecule has 0 fully saturated rings. The van der Waals surface area contributed by atoms with Gasteiger partial charge in [-0.05, 0) is 24.3 Å². The lowest BCUT2D eigenvalue weighted by atomic mass is 10.2. The second-order valence-electron chi connectivity index (χ2n) is 3.25. The standard InChI is InChI=1S/C12H10N2O2S/c15-11(16)8-17-10-5-3-7-14-12(10)9-4-1-2-6-13-9/h1-7H,8H2,(H,15,16). The van der Waals surface area contributed by atoms with E-state index in [4.69, 9.17) is 5.11 Å². The summed E-state index contributed by atoms with van der Waals surface area (Å²) in [6.07, 6.45) is 3.37. The topological polar surface area (TPSA) is 63.1 Å². The van der Waals surface area contributed by atoms with Gasteiger partial charge in [-0.15, -0.1) is 11.8 Å². The van der Waals surface area contributed by atoms with E-state index in [9.17, 15) is 4.79 Å². The third-order valence-electron chi connectivity index (χ3n) is 2.03. The van der Waals surface area contributed by atoms with Crippen molar-refractivity contribution < 1.29 is 9.90 Å². The summed E-state index contributed by atoms with van der Waals surface area (Å²) in [6.45, 7) is 0. The SMILES string of the molecule is O=C(O)CSc1cccnc1-c1ccccn1. The molecule has 0 saturated heterocycles. The summed E-state index contributed by atoms with van der Waals surface area (Å²) in [7, 11) is 0. The summed E-state index contributed by atoms with van der Waals surface area (Å²) in [5.41, 5.74) is 1.47. The Morgan fingerprint density at radius 1 is 1.18 bits per heavy atom. The van der Waals surface area contributed by atoms with Crippen LogP contribution in [-0.4, -0.2) is 26.8 Å². The minimum absolute atomic E-state index is 0.0194. The predicted molar refractivity (Wildman–Crippen MR) is 65.8 cm³/mol. The van der Waals surface area contributed by atoms with Crippen LogP contribution < -0.4 is 0 Å². The highest BCUT2D eigenvalue weighted by molar-refractivity contribution is 8.00. The number of nitrogens with zero attached hydrogens (tertiary/aromatic N) is 2. The van der Waals surface area contributed by atoms with Crippen LogP contribution in [0, 0.1) is 0 Å². The second kappa shape index (κ2) is 5.45. The van der Waals surface area contributed by atoms with Crippen molar-refractivity contribution in [1.82, 2.24) is 9.97 Å². The highest BCUT2D eigenvalue weighted by Crippen LogP contribution is 2.27. The molecule has 0 aliphatic carbocycles. The summed E-state index contributed by atoms with van der Waals surface area (Å²) < 4.78 is 0. The highest BCUT2D eigenvalue weighted by Gasteiger charge is 2.08. The molecule has 2 aromatic heterocycles. The molecule has 5 heteroatoms. The Morgan fingerprint density at radius 2 is 2.00 bits per heavy atom. The third kappa shape index (κ3) is 3.04. The van der Waals surface area contributed by atoms with Crippen LogP contribution >= 0.6 is 11.8 Å². The van der Waals surface area contributed by atoms with Gasteiger partial charge in [0.25, 0.3) is 0 Å². The zero-order chi connectivity index (χ0) is 12.1. The first-order valence-corrected chi connectivity index (χ1v) is 5.97. The average molecular weight is 246 g/mol. The van der Waals surface area contributed by atoms with Gasteiger partial charge in [-0.25, -0.2) is 0 Å². The van der Waals surface area contributed by atoms with Gasteiger partial charge in [0.2, 0.25) is 0 Å². The number of rotatable bonds is 4. The molecule has 0 bridgehead atoms. The predicted octanol–water partition coefficient (Wildman–Crippen LogP) is 2.32. The van der Waals surface area contributed by atoms with Gasteiger partial charge in [-0.1, -0.05) is 6.07 Å². The van der Waals surface area contributed by atoms with Gasteiger partial charge in [0, 0.05) is 17.3 Å². The molecule has 0 spiro atoms. The van der Waals surface area contributed by atoms with E-state index in [0.717, 1.165) is 16.3 Å². The van der Waals surface area contributed by atoms with Crippen molar-refractivity contribution in [2.24, 2.45) is 0 Å². The zero-order valence-corrected chi connectivity index (χ0v) is 9.72. The van der Waals surface area contributed by atoms with Crippen LogP contribution in [0.25, 0.3) is 11.4 Å². The Hall–Kier alpha value is -1.88. The molecule has 17 heavy (non-hydrogen) atoms. The lowest BCUT2D eigenvalue weighted by molar-refractivity contribution is -0.133. The van der Waals surface area contributed by atoms with E-state index in [1.807, 2.05) is 24.3 Å². The highest BCUT2D eigenvalue weighted by atomic mass is 32.2. The average Bonchev–Trinajstić information content (AvgIpc) is 2.38. The summed E-state index contributed by atoms with van der Waals surface area (Å²) in [4.78, 5) is 19.9. The van der Waals surface area contributed by atoms with Crippen molar-refractivity contribution in [3.63, 3.8) is 0 Å². The molecule has 0 unspecified atom stereocenters. The largest absolute Gasteiger partial charge is 0.481 e. The van der Waals surface area contributed by atoms with Gasteiger partial charge >= 0.3 is 5.97 Å². The summed E-state index contributed by atoms with van der Waals surface area (Å²) >= 11 is 1.25. The molecule has 0 amide bonds. The molecule has 4 nitrogen and oxygen atoms in total.